The van der Waals surface area contributed by atoms with Gasteiger partial charge in [-0.25, -0.2) is 9.67 Å². The van der Waals surface area contributed by atoms with Gasteiger partial charge in [-0.1, -0.05) is 23.7 Å². The quantitative estimate of drug-likeness (QED) is 0.723. The molecule has 1 amide bonds. The monoisotopic (exact) mass is 370 g/mol. The van der Waals surface area contributed by atoms with E-state index in [0.29, 0.717) is 10.8 Å². The van der Waals surface area contributed by atoms with Crippen LogP contribution in [0.1, 0.15) is 21.7 Å². The smallest absolute Gasteiger partial charge is 0.291 e. The molecule has 2 N–H and O–H groups in total. The topological polar surface area (TPSA) is 80.0 Å². The van der Waals surface area contributed by atoms with Gasteiger partial charge in [0.25, 0.3) is 5.91 Å². The Balaban J connectivity index is 2.14. The predicted molar refractivity (Wildman–Crippen MR) is 101 cm³/mol. The zero-order chi connectivity index (χ0) is 18.7. The van der Waals surface area contributed by atoms with E-state index in [-0.39, 0.29) is 19.0 Å². The highest BCUT2D eigenvalue weighted by Crippen LogP contribution is 2.25. The minimum absolute atomic E-state index is 0.0457. The number of nitrogens with one attached hydrogen (secondary N) is 1. The fourth-order valence-electron chi connectivity index (χ4n) is 2.58. The minimum atomic E-state index is -0.432. The number of hydrogen-bond donors (Lipinski definition) is 2. The fourth-order valence-corrected chi connectivity index (χ4v) is 2.70. The molecule has 0 radical (unpaired) electrons. The molecule has 0 aliphatic heterocycles. The van der Waals surface area contributed by atoms with E-state index in [1.54, 1.807) is 16.8 Å². The number of amides is 1. The number of aliphatic hydroxyl groups is 1. The van der Waals surface area contributed by atoms with Gasteiger partial charge in [-0.05, 0) is 55.3 Å². The molecule has 3 rings (SSSR count). The molecule has 26 heavy (non-hydrogen) atoms. The SMILES string of the molecule is Cc1cccc(-n2nc(C(=O)NCCO)nc2-c2ccc(Cl)cc2)c1C. The predicted octanol–water partition coefficient (Wildman–Crippen LogP) is 2.93. The van der Waals surface area contributed by atoms with Gasteiger partial charge in [-0.2, -0.15) is 0 Å². The van der Waals surface area contributed by atoms with Crippen molar-refractivity contribution in [2.45, 2.75) is 13.8 Å². The van der Waals surface area contributed by atoms with Gasteiger partial charge < -0.3 is 10.4 Å². The first-order valence-corrected chi connectivity index (χ1v) is 8.57. The lowest BCUT2D eigenvalue weighted by Gasteiger charge is -2.11. The van der Waals surface area contributed by atoms with Crippen LogP contribution in [0.3, 0.4) is 0 Å². The van der Waals surface area contributed by atoms with Crippen molar-refractivity contribution in [2.24, 2.45) is 0 Å². The molecular weight excluding hydrogens is 352 g/mol. The van der Waals surface area contributed by atoms with E-state index in [2.05, 4.69) is 15.4 Å². The summed E-state index contributed by atoms with van der Waals surface area (Å²) in [7, 11) is 0. The summed E-state index contributed by atoms with van der Waals surface area (Å²) in [5.41, 5.74) is 3.81. The Morgan fingerprint density at radius 2 is 1.92 bits per heavy atom. The molecule has 1 heterocycles. The highest BCUT2D eigenvalue weighted by Gasteiger charge is 2.19. The molecule has 0 aliphatic carbocycles. The molecule has 1 aromatic heterocycles. The largest absolute Gasteiger partial charge is 0.395 e. The van der Waals surface area contributed by atoms with Crippen LogP contribution in [-0.4, -0.2) is 38.9 Å². The third-order valence-corrected chi connectivity index (χ3v) is 4.37. The van der Waals surface area contributed by atoms with Crippen molar-refractivity contribution >= 4 is 17.5 Å². The lowest BCUT2D eigenvalue weighted by Crippen LogP contribution is -2.27. The molecule has 7 heteroatoms. The van der Waals surface area contributed by atoms with Crippen LogP contribution >= 0.6 is 11.6 Å². The van der Waals surface area contributed by atoms with Gasteiger partial charge in [-0.3, -0.25) is 4.79 Å². The maximum atomic E-state index is 12.3. The van der Waals surface area contributed by atoms with E-state index in [9.17, 15) is 4.79 Å². The number of rotatable bonds is 5. The highest BCUT2D eigenvalue weighted by atomic mass is 35.5. The van der Waals surface area contributed by atoms with Gasteiger partial charge in [-0.15, -0.1) is 5.10 Å². The van der Waals surface area contributed by atoms with E-state index in [0.717, 1.165) is 22.4 Å². The first-order valence-electron chi connectivity index (χ1n) is 8.20. The molecule has 6 nitrogen and oxygen atoms in total. The third-order valence-electron chi connectivity index (χ3n) is 4.11. The Hall–Kier alpha value is -2.70. The number of benzene rings is 2. The van der Waals surface area contributed by atoms with E-state index in [1.807, 2.05) is 44.2 Å². The van der Waals surface area contributed by atoms with Crippen molar-refractivity contribution in [3.63, 3.8) is 0 Å². The van der Waals surface area contributed by atoms with Crippen LogP contribution in [0.15, 0.2) is 42.5 Å². The summed E-state index contributed by atoms with van der Waals surface area (Å²) in [6, 6.07) is 13.1. The standard InChI is InChI=1S/C19H19ClN4O2/c1-12-4-3-5-16(13(12)2)24-18(14-6-8-15(20)9-7-14)22-17(23-24)19(26)21-10-11-25/h3-9,25H,10-11H2,1-2H3,(H,21,26). The fraction of sp³-hybridized carbons (Fsp3) is 0.211. The van der Waals surface area contributed by atoms with Crippen molar-refractivity contribution in [3.8, 4) is 17.1 Å². The summed E-state index contributed by atoms with van der Waals surface area (Å²) < 4.78 is 1.67. The van der Waals surface area contributed by atoms with Crippen molar-refractivity contribution in [2.75, 3.05) is 13.2 Å². The summed E-state index contributed by atoms with van der Waals surface area (Å²) in [4.78, 5) is 16.7. The Morgan fingerprint density at radius 3 is 2.62 bits per heavy atom. The number of aliphatic hydroxyl groups excluding tert-OH is 1. The Morgan fingerprint density at radius 1 is 1.19 bits per heavy atom. The highest BCUT2D eigenvalue weighted by molar-refractivity contribution is 6.30. The number of aryl methyl sites for hydroxylation is 1. The lowest BCUT2D eigenvalue weighted by atomic mass is 10.1. The second kappa shape index (κ2) is 7.68. The van der Waals surface area contributed by atoms with Gasteiger partial charge in [0.1, 0.15) is 0 Å². The number of halogens is 1. The van der Waals surface area contributed by atoms with Gasteiger partial charge in [0, 0.05) is 17.1 Å². The van der Waals surface area contributed by atoms with Crippen LogP contribution in [0.5, 0.6) is 0 Å². The molecule has 0 saturated heterocycles. The average Bonchev–Trinajstić information content (AvgIpc) is 3.08. The third kappa shape index (κ3) is 3.61. The number of aromatic nitrogens is 3. The number of nitrogens with zero attached hydrogens (tertiary/aromatic N) is 3. The second-order valence-electron chi connectivity index (χ2n) is 5.88. The van der Waals surface area contributed by atoms with Crippen LogP contribution in [-0.2, 0) is 0 Å². The lowest BCUT2D eigenvalue weighted by molar-refractivity contribution is 0.0934. The van der Waals surface area contributed by atoms with Crippen molar-refractivity contribution in [1.82, 2.24) is 20.1 Å². The molecule has 0 bridgehead atoms. The summed E-state index contributed by atoms with van der Waals surface area (Å²) in [5, 5.41) is 16.5. The number of hydrogen-bond acceptors (Lipinski definition) is 4. The van der Waals surface area contributed by atoms with Crippen LogP contribution in [0.2, 0.25) is 5.02 Å². The maximum Gasteiger partial charge on any atom is 0.291 e. The van der Waals surface area contributed by atoms with Crippen LogP contribution in [0.25, 0.3) is 17.1 Å². The summed E-state index contributed by atoms with van der Waals surface area (Å²) in [6.45, 7) is 4.02. The molecule has 0 saturated carbocycles. The number of carbonyl (C=O) groups excluding carboxylic acids is 1. The zero-order valence-corrected chi connectivity index (χ0v) is 15.3. The summed E-state index contributed by atoms with van der Waals surface area (Å²) in [5.74, 6) is 0.159. The molecule has 0 unspecified atom stereocenters. The van der Waals surface area contributed by atoms with E-state index in [4.69, 9.17) is 16.7 Å². The van der Waals surface area contributed by atoms with Crippen molar-refractivity contribution in [1.29, 1.82) is 0 Å². The first kappa shape index (κ1) is 18.1. The van der Waals surface area contributed by atoms with Crippen molar-refractivity contribution < 1.29 is 9.90 Å². The van der Waals surface area contributed by atoms with Crippen LogP contribution in [0, 0.1) is 13.8 Å². The molecule has 0 atom stereocenters. The normalized spacial score (nSPS) is 10.8. The Labute approximate surface area is 156 Å². The van der Waals surface area contributed by atoms with Gasteiger partial charge >= 0.3 is 0 Å². The Kier molecular flexibility index (Phi) is 5.35. The first-order chi connectivity index (χ1) is 12.5. The molecule has 134 valence electrons. The average molecular weight is 371 g/mol. The van der Waals surface area contributed by atoms with E-state index < -0.39 is 5.91 Å². The maximum absolute atomic E-state index is 12.3. The molecule has 0 aliphatic rings. The molecule has 3 aromatic rings. The second-order valence-corrected chi connectivity index (χ2v) is 6.31. The van der Waals surface area contributed by atoms with Crippen LogP contribution < -0.4 is 5.32 Å². The Bertz CT molecular complexity index is 935. The minimum Gasteiger partial charge on any atom is -0.395 e. The molecular formula is C19H19ClN4O2. The summed E-state index contributed by atoms with van der Waals surface area (Å²) in [6.07, 6.45) is 0. The number of carbonyl (C=O) groups is 1. The zero-order valence-electron chi connectivity index (χ0n) is 14.5. The van der Waals surface area contributed by atoms with E-state index >= 15 is 0 Å². The van der Waals surface area contributed by atoms with Gasteiger partial charge in [0.2, 0.25) is 5.82 Å². The summed E-state index contributed by atoms with van der Waals surface area (Å²) >= 11 is 5.98. The van der Waals surface area contributed by atoms with Crippen molar-refractivity contribution in [3.05, 3.63) is 64.4 Å². The van der Waals surface area contributed by atoms with E-state index in [1.165, 1.54) is 0 Å². The molecule has 0 spiro atoms. The molecule has 0 fully saturated rings. The van der Waals surface area contributed by atoms with Gasteiger partial charge in [0.15, 0.2) is 5.82 Å². The van der Waals surface area contributed by atoms with Crippen LogP contribution in [0.4, 0.5) is 0 Å². The molecule has 2 aromatic carbocycles. The van der Waals surface area contributed by atoms with Gasteiger partial charge in [0.05, 0.1) is 12.3 Å².